The molecule has 1 aliphatic rings. The molecule has 0 atom stereocenters. The van der Waals surface area contributed by atoms with Crippen molar-refractivity contribution >= 4 is 16.9 Å². The molecule has 1 heterocycles. The number of para-hydroxylation sites is 2. The van der Waals surface area contributed by atoms with E-state index in [9.17, 15) is 0 Å². The summed E-state index contributed by atoms with van der Waals surface area (Å²) in [5.41, 5.74) is 3.07. The van der Waals surface area contributed by atoms with Crippen LogP contribution in [0.25, 0.3) is 11.0 Å². The van der Waals surface area contributed by atoms with E-state index in [1.54, 1.807) is 0 Å². The number of aryl methyl sites for hydroxylation is 1. The van der Waals surface area contributed by atoms with E-state index < -0.39 is 0 Å². The molecule has 0 saturated heterocycles. The predicted octanol–water partition coefficient (Wildman–Crippen LogP) is 2.51. The van der Waals surface area contributed by atoms with Gasteiger partial charge >= 0.3 is 0 Å². The van der Waals surface area contributed by atoms with Gasteiger partial charge in [0.05, 0.1) is 16.7 Å². The lowest BCUT2D eigenvalue weighted by Gasteiger charge is -2.16. The molecule has 100 valence electrons. The number of hydrogen-bond acceptors (Lipinski definition) is 4. The molecular formula is C15H19N3O. The second-order valence-electron chi connectivity index (χ2n) is 5.47. The SMILES string of the molecule is Cc1nc2ccccc2nc1NCC1(CCO)CC1. The Balaban J connectivity index is 1.79. The number of aromatic nitrogens is 2. The number of fused-ring (bicyclic) bond motifs is 1. The molecule has 1 fully saturated rings. The molecular weight excluding hydrogens is 238 g/mol. The van der Waals surface area contributed by atoms with Gasteiger partial charge in [-0.25, -0.2) is 9.97 Å². The van der Waals surface area contributed by atoms with Gasteiger partial charge in [-0.3, -0.25) is 0 Å². The van der Waals surface area contributed by atoms with Crippen LogP contribution in [0.5, 0.6) is 0 Å². The van der Waals surface area contributed by atoms with Crippen molar-refractivity contribution < 1.29 is 5.11 Å². The second-order valence-corrected chi connectivity index (χ2v) is 5.47. The Labute approximate surface area is 112 Å². The number of rotatable bonds is 5. The van der Waals surface area contributed by atoms with Crippen molar-refractivity contribution in [2.24, 2.45) is 5.41 Å². The molecule has 2 aromatic rings. The lowest BCUT2D eigenvalue weighted by Crippen LogP contribution is -2.18. The number of nitrogens with zero attached hydrogens (tertiary/aromatic N) is 2. The van der Waals surface area contributed by atoms with E-state index >= 15 is 0 Å². The first-order chi connectivity index (χ1) is 9.22. The van der Waals surface area contributed by atoms with E-state index in [2.05, 4.69) is 15.3 Å². The zero-order valence-electron chi connectivity index (χ0n) is 11.2. The first-order valence-corrected chi connectivity index (χ1v) is 6.81. The second kappa shape index (κ2) is 4.78. The Morgan fingerprint density at radius 2 is 1.89 bits per heavy atom. The van der Waals surface area contributed by atoms with Gasteiger partial charge in [-0.05, 0) is 43.7 Å². The quantitative estimate of drug-likeness (QED) is 0.864. The Kier molecular flexibility index (Phi) is 3.11. The molecule has 1 aromatic heterocycles. The fourth-order valence-corrected chi connectivity index (χ4v) is 2.46. The van der Waals surface area contributed by atoms with Gasteiger partial charge in [0, 0.05) is 13.2 Å². The highest BCUT2D eigenvalue weighted by Gasteiger charge is 2.41. The maximum absolute atomic E-state index is 9.08. The van der Waals surface area contributed by atoms with Crippen LogP contribution in [-0.4, -0.2) is 28.2 Å². The van der Waals surface area contributed by atoms with Crippen LogP contribution >= 0.6 is 0 Å². The first-order valence-electron chi connectivity index (χ1n) is 6.81. The molecule has 0 radical (unpaired) electrons. The summed E-state index contributed by atoms with van der Waals surface area (Å²) in [6.45, 7) is 3.12. The molecule has 1 aromatic carbocycles. The highest BCUT2D eigenvalue weighted by atomic mass is 16.3. The third kappa shape index (κ3) is 2.54. The van der Waals surface area contributed by atoms with Gasteiger partial charge in [-0.1, -0.05) is 12.1 Å². The van der Waals surface area contributed by atoms with Gasteiger partial charge in [0.1, 0.15) is 5.82 Å². The number of aliphatic hydroxyl groups excluding tert-OH is 1. The number of benzene rings is 1. The van der Waals surface area contributed by atoms with Crippen LogP contribution in [0.4, 0.5) is 5.82 Å². The zero-order valence-corrected chi connectivity index (χ0v) is 11.2. The molecule has 0 unspecified atom stereocenters. The Hall–Kier alpha value is -1.68. The molecule has 3 rings (SSSR count). The van der Waals surface area contributed by atoms with E-state index in [1.165, 1.54) is 12.8 Å². The normalized spacial score (nSPS) is 16.5. The van der Waals surface area contributed by atoms with Gasteiger partial charge in [0.25, 0.3) is 0 Å². The molecule has 4 heteroatoms. The van der Waals surface area contributed by atoms with Crippen molar-refractivity contribution in [2.45, 2.75) is 26.2 Å². The Morgan fingerprint density at radius 3 is 2.53 bits per heavy atom. The summed E-state index contributed by atoms with van der Waals surface area (Å²) in [6.07, 6.45) is 3.27. The van der Waals surface area contributed by atoms with Crippen LogP contribution in [0.3, 0.4) is 0 Å². The fraction of sp³-hybridized carbons (Fsp3) is 0.467. The summed E-state index contributed by atoms with van der Waals surface area (Å²) in [5, 5.41) is 12.5. The van der Waals surface area contributed by atoms with Crippen LogP contribution in [0.2, 0.25) is 0 Å². The maximum atomic E-state index is 9.08. The largest absolute Gasteiger partial charge is 0.396 e. The van der Waals surface area contributed by atoms with Crippen molar-refractivity contribution in [2.75, 3.05) is 18.5 Å². The first kappa shape index (κ1) is 12.4. The fourth-order valence-electron chi connectivity index (χ4n) is 2.46. The van der Waals surface area contributed by atoms with E-state index in [0.29, 0.717) is 0 Å². The third-order valence-electron chi connectivity index (χ3n) is 3.97. The van der Waals surface area contributed by atoms with E-state index in [1.807, 2.05) is 31.2 Å². The standard InChI is InChI=1S/C15H19N3O/c1-11-14(16-10-15(6-7-15)8-9-19)18-13-5-3-2-4-12(13)17-11/h2-5,19H,6-10H2,1H3,(H,16,18). The minimum atomic E-state index is 0.268. The van der Waals surface area contributed by atoms with Gasteiger partial charge in [-0.2, -0.15) is 0 Å². The van der Waals surface area contributed by atoms with Crippen LogP contribution in [0.15, 0.2) is 24.3 Å². The van der Waals surface area contributed by atoms with Crippen molar-refractivity contribution in [1.82, 2.24) is 9.97 Å². The molecule has 0 aliphatic heterocycles. The van der Waals surface area contributed by atoms with Gasteiger partial charge in [0.15, 0.2) is 0 Å². The topological polar surface area (TPSA) is 58.0 Å². The summed E-state index contributed by atoms with van der Waals surface area (Å²) in [5.74, 6) is 0.864. The lowest BCUT2D eigenvalue weighted by molar-refractivity contribution is 0.253. The number of nitrogens with one attached hydrogen (secondary N) is 1. The molecule has 19 heavy (non-hydrogen) atoms. The van der Waals surface area contributed by atoms with Gasteiger partial charge in [0.2, 0.25) is 0 Å². The molecule has 2 N–H and O–H groups in total. The monoisotopic (exact) mass is 257 g/mol. The summed E-state index contributed by atoms with van der Waals surface area (Å²) < 4.78 is 0. The summed E-state index contributed by atoms with van der Waals surface area (Å²) in [6, 6.07) is 7.91. The minimum Gasteiger partial charge on any atom is -0.396 e. The minimum absolute atomic E-state index is 0.268. The smallest absolute Gasteiger partial charge is 0.148 e. The number of aliphatic hydroxyl groups is 1. The molecule has 0 bridgehead atoms. The molecule has 1 aliphatic carbocycles. The molecule has 0 amide bonds. The van der Waals surface area contributed by atoms with E-state index in [0.717, 1.165) is 35.5 Å². The highest BCUT2D eigenvalue weighted by Crippen LogP contribution is 2.48. The third-order valence-corrected chi connectivity index (χ3v) is 3.97. The van der Waals surface area contributed by atoms with Gasteiger partial charge < -0.3 is 10.4 Å². The Morgan fingerprint density at radius 1 is 1.21 bits per heavy atom. The maximum Gasteiger partial charge on any atom is 0.148 e. The van der Waals surface area contributed by atoms with Gasteiger partial charge in [-0.15, -0.1) is 0 Å². The highest BCUT2D eigenvalue weighted by molar-refractivity contribution is 5.76. The van der Waals surface area contributed by atoms with E-state index in [4.69, 9.17) is 5.11 Å². The Bertz CT molecular complexity index is 593. The molecule has 4 nitrogen and oxygen atoms in total. The van der Waals surface area contributed by atoms with Crippen LogP contribution < -0.4 is 5.32 Å². The summed E-state index contributed by atoms with van der Waals surface area (Å²) in [7, 11) is 0. The predicted molar refractivity (Wildman–Crippen MR) is 76.1 cm³/mol. The van der Waals surface area contributed by atoms with Crippen LogP contribution in [-0.2, 0) is 0 Å². The zero-order chi connectivity index (χ0) is 13.3. The average Bonchev–Trinajstić information content (AvgIpc) is 3.17. The van der Waals surface area contributed by atoms with E-state index in [-0.39, 0.29) is 12.0 Å². The number of anilines is 1. The molecule has 0 spiro atoms. The van der Waals surface area contributed by atoms with Crippen molar-refractivity contribution in [3.63, 3.8) is 0 Å². The summed E-state index contributed by atoms with van der Waals surface area (Å²) in [4.78, 5) is 9.20. The van der Waals surface area contributed by atoms with Crippen LogP contribution in [0, 0.1) is 12.3 Å². The number of hydrogen-bond donors (Lipinski definition) is 2. The molecule has 1 saturated carbocycles. The average molecular weight is 257 g/mol. The summed E-state index contributed by atoms with van der Waals surface area (Å²) >= 11 is 0. The lowest BCUT2D eigenvalue weighted by atomic mass is 10.0. The van der Waals surface area contributed by atoms with Crippen molar-refractivity contribution in [3.05, 3.63) is 30.0 Å². The van der Waals surface area contributed by atoms with Crippen molar-refractivity contribution in [1.29, 1.82) is 0 Å². The van der Waals surface area contributed by atoms with Crippen molar-refractivity contribution in [3.8, 4) is 0 Å². The van der Waals surface area contributed by atoms with Crippen LogP contribution in [0.1, 0.15) is 25.0 Å².